The predicted octanol–water partition coefficient (Wildman–Crippen LogP) is 6.29. The Bertz CT molecular complexity index is 1040. The van der Waals surface area contributed by atoms with Gasteiger partial charge in [0.1, 0.15) is 18.1 Å². The number of nitriles is 1. The van der Waals surface area contributed by atoms with Crippen LogP contribution in [0.3, 0.4) is 0 Å². The number of nitrogens with zero attached hydrogens (tertiary/aromatic N) is 1. The summed E-state index contributed by atoms with van der Waals surface area (Å²) in [7, 11) is 0. The molecule has 0 aliphatic heterocycles. The molecule has 4 nitrogen and oxygen atoms in total. The van der Waals surface area contributed by atoms with Crippen LogP contribution in [0.4, 0.5) is 0 Å². The number of ether oxygens (including phenoxy) is 2. The van der Waals surface area contributed by atoms with Gasteiger partial charge in [0.25, 0.3) is 0 Å². The molecule has 1 unspecified atom stereocenters. The molecule has 0 aromatic heterocycles. The van der Waals surface area contributed by atoms with Gasteiger partial charge in [-0.2, -0.15) is 5.26 Å². The highest BCUT2D eigenvalue weighted by Gasteiger charge is 2.46. The number of hydrogen-bond acceptors (Lipinski definition) is 4. The maximum atomic E-state index is 13.1. The number of halogens is 1. The minimum atomic E-state index is -1.49. The highest BCUT2D eigenvalue weighted by molar-refractivity contribution is 6.32. The highest BCUT2D eigenvalue weighted by atomic mass is 35.5. The first-order chi connectivity index (χ1) is 14.5. The van der Waals surface area contributed by atoms with Crippen LogP contribution in [0.5, 0.6) is 11.5 Å². The van der Waals surface area contributed by atoms with E-state index in [1.165, 1.54) is 0 Å². The quantitative estimate of drug-likeness (QED) is 0.422. The molecule has 0 saturated heterocycles. The van der Waals surface area contributed by atoms with Gasteiger partial charge in [-0.1, -0.05) is 80.0 Å². The molecule has 152 valence electrons. The predicted molar refractivity (Wildman–Crippen MR) is 116 cm³/mol. The van der Waals surface area contributed by atoms with E-state index in [4.69, 9.17) is 21.1 Å². The van der Waals surface area contributed by atoms with Crippen molar-refractivity contribution >= 4 is 17.6 Å². The SMILES string of the molecule is CC(C)C(C#N)(C(=O)OCc1ccccc1)c1ccc(Cl)c(Oc2ccccc2)c1. The van der Waals surface area contributed by atoms with Crippen LogP contribution in [0.2, 0.25) is 5.02 Å². The molecule has 0 aliphatic carbocycles. The molecule has 3 aromatic carbocycles. The van der Waals surface area contributed by atoms with Crippen molar-refractivity contribution in [1.82, 2.24) is 0 Å². The van der Waals surface area contributed by atoms with Gasteiger partial charge in [-0.15, -0.1) is 0 Å². The Kier molecular flexibility index (Phi) is 6.76. The van der Waals surface area contributed by atoms with E-state index >= 15 is 0 Å². The van der Waals surface area contributed by atoms with Crippen molar-refractivity contribution in [3.8, 4) is 17.6 Å². The second-order valence-corrected chi connectivity index (χ2v) is 7.60. The van der Waals surface area contributed by atoms with Crippen molar-refractivity contribution in [2.24, 2.45) is 5.92 Å². The topological polar surface area (TPSA) is 59.3 Å². The van der Waals surface area contributed by atoms with Crippen LogP contribution in [0.25, 0.3) is 0 Å². The summed E-state index contributed by atoms with van der Waals surface area (Å²) in [5, 5.41) is 10.5. The third-order valence-corrected chi connectivity index (χ3v) is 5.25. The molecule has 0 fully saturated rings. The highest BCUT2D eigenvalue weighted by Crippen LogP contribution is 2.39. The fourth-order valence-electron chi connectivity index (χ4n) is 3.21. The molecule has 0 N–H and O–H groups in total. The molecule has 0 bridgehead atoms. The van der Waals surface area contributed by atoms with Crippen molar-refractivity contribution in [1.29, 1.82) is 5.26 Å². The molecule has 0 aliphatic rings. The normalized spacial score (nSPS) is 12.6. The first-order valence-corrected chi connectivity index (χ1v) is 10.0. The van der Waals surface area contributed by atoms with Gasteiger partial charge >= 0.3 is 5.97 Å². The van der Waals surface area contributed by atoms with Crippen molar-refractivity contribution < 1.29 is 14.3 Å². The molecule has 0 amide bonds. The number of carbonyl (C=O) groups is 1. The van der Waals surface area contributed by atoms with Crippen molar-refractivity contribution in [2.75, 3.05) is 0 Å². The number of carbonyl (C=O) groups excluding carboxylic acids is 1. The molecular weight excluding hydrogens is 398 g/mol. The molecule has 3 aromatic rings. The van der Waals surface area contributed by atoms with Crippen LogP contribution in [0.1, 0.15) is 25.0 Å². The molecule has 0 saturated carbocycles. The van der Waals surface area contributed by atoms with Crippen LogP contribution in [0.15, 0.2) is 78.9 Å². The zero-order valence-corrected chi connectivity index (χ0v) is 17.6. The van der Waals surface area contributed by atoms with Gasteiger partial charge in [-0.3, -0.25) is 0 Å². The smallest absolute Gasteiger partial charge is 0.331 e. The Balaban J connectivity index is 1.94. The van der Waals surface area contributed by atoms with E-state index in [1.54, 1.807) is 30.3 Å². The van der Waals surface area contributed by atoms with Crippen LogP contribution < -0.4 is 4.74 Å². The lowest BCUT2D eigenvalue weighted by atomic mass is 9.72. The molecule has 5 heteroatoms. The average Bonchev–Trinajstić information content (AvgIpc) is 2.76. The molecule has 0 spiro atoms. The summed E-state index contributed by atoms with van der Waals surface area (Å²) < 4.78 is 11.4. The van der Waals surface area contributed by atoms with Gasteiger partial charge in [-0.25, -0.2) is 4.79 Å². The lowest BCUT2D eigenvalue weighted by Crippen LogP contribution is -2.41. The van der Waals surface area contributed by atoms with E-state index in [2.05, 4.69) is 6.07 Å². The average molecular weight is 420 g/mol. The monoisotopic (exact) mass is 419 g/mol. The van der Waals surface area contributed by atoms with E-state index in [1.807, 2.05) is 62.4 Å². The van der Waals surface area contributed by atoms with Gasteiger partial charge in [0, 0.05) is 0 Å². The van der Waals surface area contributed by atoms with Gasteiger partial charge < -0.3 is 9.47 Å². The third-order valence-electron chi connectivity index (χ3n) is 4.93. The van der Waals surface area contributed by atoms with Crippen LogP contribution in [0, 0.1) is 17.2 Å². The van der Waals surface area contributed by atoms with Crippen LogP contribution >= 0.6 is 11.6 Å². The van der Waals surface area contributed by atoms with Crippen LogP contribution in [-0.2, 0) is 21.6 Å². The Morgan fingerprint density at radius 1 is 1.03 bits per heavy atom. The number of rotatable bonds is 7. The number of benzene rings is 3. The first-order valence-electron chi connectivity index (χ1n) is 9.62. The molecule has 3 rings (SSSR count). The molecule has 0 heterocycles. The van der Waals surface area contributed by atoms with Gasteiger partial charge in [0.05, 0.1) is 11.1 Å². The number of esters is 1. The first kappa shape index (κ1) is 21.4. The Hall–Kier alpha value is -3.29. The maximum absolute atomic E-state index is 13.1. The third kappa shape index (κ3) is 4.48. The Labute approximate surface area is 181 Å². The zero-order valence-electron chi connectivity index (χ0n) is 16.8. The van der Waals surface area contributed by atoms with E-state index in [0.717, 1.165) is 5.56 Å². The Morgan fingerprint density at radius 2 is 1.67 bits per heavy atom. The molecule has 1 atom stereocenters. The zero-order chi connectivity index (χ0) is 21.6. The van der Waals surface area contributed by atoms with Crippen molar-refractivity contribution in [3.63, 3.8) is 0 Å². The fourth-order valence-corrected chi connectivity index (χ4v) is 3.36. The summed E-state index contributed by atoms with van der Waals surface area (Å²) in [6, 6.07) is 25.7. The van der Waals surface area contributed by atoms with E-state index < -0.39 is 11.4 Å². The minimum Gasteiger partial charge on any atom is -0.459 e. The standard InChI is InChI=1S/C25H22ClNO3/c1-18(2)25(17-27,24(28)29-16-19-9-5-3-6-10-19)20-13-14-22(26)23(15-20)30-21-11-7-4-8-12-21/h3-15,18H,16H2,1-2H3. The lowest BCUT2D eigenvalue weighted by Gasteiger charge is -2.29. The van der Waals surface area contributed by atoms with Gasteiger partial charge in [0.15, 0.2) is 5.41 Å². The second kappa shape index (κ2) is 9.47. The van der Waals surface area contributed by atoms with Crippen LogP contribution in [-0.4, -0.2) is 5.97 Å². The summed E-state index contributed by atoms with van der Waals surface area (Å²) >= 11 is 6.32. The van der Waals surface area contributed by atoms with E-state index in [-0.39, 0.29) is 12.5 Å². The van der Waals surface area contributed by atoms with Gasteiger partial charge in [-0.05, 0) is 41.3 Å². The largest absolute Gasteiger partial charge is 0.459 e. The second-order valence-electron chi connectivity index (χ2n) is 7.20. The fraction of sp³-hybridized carbons (Fsp3) is 0.200. The summed E-state index contributed by atoms with van der Waals surface area (Å²) in [5.74, 6) is 0.0418. The Morgan fingerprint density at radius 3 is 2.27 bits per heavy atom. The minimum absolute atomic E-state index is 0.0940. The van der Waals surface area contributed by atoms with Crippen molar-refractivity contribution in [2.45, 2.75) is 25.9 Å². The van der Waals surface area contributed by atoms with Crippen molar-refractivity contribution in [3.05, 3.63) is 95.0 Å². The summed E-state index contributed by atoms with van der Waals surface area (Å²) in [6.07, 6.45) is 0. The molecule has 30 heavy (non-hydrogen) atoms. The summed E-state index contributed by atoms with van der Waals surface area (Å²) in [6.45, 7) is 3.73. The van der Waals surface area contributed by atoms with E-state index in [0.29, 0.717) is 22.1 Å². The molecule has 0 radical (unpaired) electrons. The maximum Gasteiger partial charge on any atom is 0.331 e. The lowest BCUT2D eigenvalue weighted by molar-refractivity contribution is -0.151. The van der Waals surface area contributed by atoms with E-state index in [9.17, 15) is 10.1 Å². The van der Waals surface area contributed by atoms with Gasteiger partial charge in [0.2, 0.25) is 0 Å². The number of hydrogen-bond donors (Lipinski definition) is 0. The summed E-state index contributed by atoms with van der Waals surface area (Å²) in [5.41, 5.74) is -0.159. The molecular formula is C25H22ClNO3. The number of para-hydroxylation sites is 1. The summed E-state index contributed by atoms with van der Waals surface area (Å²) in [4.78, 5) is 13.1.